The van der Waals surface area contributed by atoms with Gasteiger partial charge in [-0.1, -0.05) is 13.0 Å². The number of carboxylic acid groups (broad SMARTS) is 1. The molecule has 0 saturated carbocycles. The molecule has 0 aromatic heterocycles. The van der Waals surface area contributed by atoms with Gasteiger partial charge in [0.25, 0.3) is 0 Å². The van der Waals surface area contributed by atoms with Crippen LogP contribution in [0.5, 0.6) is 5.75 Å². The Balaban J connectivity index is 3.02. The van der Waals surface area contributed by atoms with Crippen LogP contribution in [0.1, 0.15) is 29.3 Å². The van der Waals surface area contributed by atoms with Gasteiger partial charge in [-0.05, 0) is 31.6 Å². The maximum absolute atomic E-state index is 10.9. The fourth-order valence-corrected chi connectivity index (χ4v) is 1.33. The summed E-state index contributed by atoms with van der Waals surface area (Å²) in [5, 5.41) is 8.93. The Bertz CT molecular complexity index is 424. The lowest BCUT2D eigenvalue weighted by Gasteiger charge is -2.10. The average molecular weight is 221 g/mol. The standard InChI is InChI=1S/C12H15NO3/c1-3-5-11(13)16-10-7-4-6-9(8(10)2)12(14)15/h4-7H,3,13H2,1-2H3,(H,14,15)/b11-5-. The van der Waals surface area contributed by atoms with Gasteiger partial charge in [0.05, 0.1) is 5.56 Å². The van der Waals surface area contributed by atoms with Crippen molar-refractivity contribution in [1.82, 2.24) is 0 Å². The molecular formula is C12H15NO3. The SMILES string of the molecule is CC/C=C(/N)Oc1cccc(C(=O)O)c1C. The number of aromatic carboxylic acids is 1. The molecule has 0 radical (unpaired) electrons. The zero-order valence-electron chi connectivity index (χ0n) is 9.36. The molecule has 1 aromatic carbocycles. The lowest BCUT2D eigenvalue weighted by atomic mass is 10.1. The van der Waals surface area contributed by atoms with Crippen molar-refractivity contribution in [2.75, 3.05) is 0 Å². The molecule has 4 nitrogen and oxygen atoms in total. The fourth-order valence-electron chi connectivity index (χ4n) is 1.33. The number of ether oxygens (including phenoxy) is 1. The lowest BCUT2D eigenvalue weighted by Crippen LogP contribution is -2.08. The van der Waals surface area contributed by atoms with Crippen LogP contribution in [-0.4, -0.2) is 11.1 Å². The van der Waals surface area contributed by atoms with Crippen LogP contribution in [-0.2, 0) is 0 Å². The summed E-state index contributed by atoms with van der Waals surface area (Å²) in [7, 11) is 0. The predicted molar refractivity (Wildman–Crippen MR) is 61.3 cm³/mol. The summed E-state index contributed by atoms with van der Waals surface area (Å²) in [6.45, 7) is 3.63. The third-order valence-corrected chi connectivity index (χ3v) is 2.15. The molecule has 1 aromatic rings. The molecule has 0 spiro atoms. The molecule has 3 N–H and O–H groups in total. The number of nitrogens with two attached hydrogens (primary N) is 1. The van der Waals surface area contributed by atoms with Crippen molar-refractivity contribution < 1.29 is 14.6 Å². The topological polar surface area (TPSA) is 72.5 Å². The second kappa shape index (κ2) is 5.21. The minimum absolute atomic E-state index is 0.224. The Hall–Kier alpha value is -1.97. The number of carboxylic acids is 1. The molecule has 4 heteroatoms. The number of hydrogen-bond acceptors (Lipinski definition) is 3. The van der Waals surface area contributed by atoms with E-state index in [-0.39, 0.29) is 11.4 Å². The van der Waals surface area contributed by atoms with Crippen molar-refractivity contribution in [3.05, 3.63) is 41.3 Å². The smallest absolute Gasteiger partial charge is 0.336 e. The molecule has 0 aliphatic carbocycles. The minimum Gasteiger partial charge on any atom is -0.478 e. The molecule has 0 aliphatic rings. The molecule has 0 aliphatic heterocycles. The van der Waals surface area contributed by atoms with Gasteiger partial charge in [-0.2, -0.15) is 0 Å². The second-order valence-electron chi connectivity index (χ2n) is 3.35. The maximum atomic E-state index is 10.9. The highest BCUT2D eigenvalue weighted by molar-refractivity contribution is 5.90. The van der Waals surface area contributed by atoms with E-state index in [0.29, 0.717) is 11.3 Å². The van der Waals surface area contributed by atoms with Gasteiger partial charge in [0.1, 0.15) is 5.75 Å². The Labute approximate surface area is 94.3 Å². The molecule has 0 unspecified atom stereocenters. The van der Waals surface area contributed by atoms with Gasteiger partial charge < -0.3 is 15.6 Å². The Morgan fingerprint density at radius 2 is 2.25 bits per heavy atom. The van der Waals surface area contributed by atoms with E-state index >= 15 is 0 Å². The minimum atomic E-state index is -0.971. The molecule has 0 fully saturated rings. The molecule has 1 rings (SSSR count). The van der Waals surface area contributed by atoms with Crippen molar-refractivity contribution in [1.29, 1.82) is 0 Å². The first-order valence-electron chi connectivity index (χ1n) is 5.02. The summed E-state index contributed by atoms with van der Waals surface area (Å²) in [6.07, 6.45) is 2.50. The highest BCUT2D eigenvalue weighted by atomic mass is 16.5. The molecule has 0 bridgehead atoms. The van der Waals surface area contributed by atoms with Crippen LogP contribution in [0.4, 0.5) is 0 Å². The number of allylic oxidation sites excluding steroid dienone is 1. The van der Waals surface area contributed by atoms with Crippen LogP contribution in [0.15, 0.2) is 30.2 Å². The first kappa shape index (κ1) is 12.1. The van der Waals surface area contributed by atoms with Crippen molar-refractivity contribution in [2.24, 2.45) is 5.73 Å². The molecule has 0 amide bonds. The number of benzene rings is 1. The number of rotatable bonds is 4. The summed E-state index contributed by atoms with van der Waals surface area (Å²) in [6, 6.07) is 4.85. The highest BCUT2D eigenvalue weighted by Crippen LogP contribution is 2.22. The first-order valence-corrected chi connectivity index (χ1v) is 5.02. The summed E-state index contributed by atoms with van der Waals surface area (Å²) in [5.74, 6) is -0.212. The molecule has 0 atom stereocenters. The first-order chi connectivity index (χ1) is 7.56. The summed E-state index contributed by atoms with van der Waals surface area (Å²) in [5.41, 5.74) is 6.40. The second-order valence-corrected chi connectivity index (χ2v) is 3.35. The average Bonchev–Trinajstić information content (AvgIpc) is 2.21. The third-order valence-electron chi connectivity index (χ3n) is 2.15. The third kappa shape index (κ3) is 2.76. The van der Waals surface area contributed by atoms with E-state index in [1.807, 2.05) is 6.92 Å². The normalized spacial score (nSPS) is 11.2. The van der Waals surface area contributed by atoms with Crippen molar-refractivity contribution in [2.45, 2.75) is 20.3 Å². The summed E-state index contributed by atoms with van der Waals surface area (Å²) < 4.78 is 5.35. The van der Waals surface area contributed by atoms with E-state index in [0.717, 1.165) is 6.42 Å². The van der Waals surface area contributed by atoms with Gasteiger partial charge in [-0.25, -0.2) is 4.79 Å². The Morgan fingerprint density at radius 3 is 2.81 bits per heavy atom. The van der Waals surface area contributed by atoms with Crippen molar-refractivity contribution >= 4 is 5.97 Å². The van der Waals surface area contributed by atoms with E-state index in [4.69, 9.17) is 15.6 Å². The molecule has 0 saturated heterocycles. The summed E-state index contributed by atoms with van der Waals surface area (Å²) in [4.78, 5) is 10.9. The van der Waals surface area contributed by atoms with E-state index in [1.165, 1.54) is 6.07 Å². The maximum Gasteiger partial charge on any atom is 0.336 e. The highest BCUT2D eigenvalue weighted by Gasteiger charge is 2.11. The molecule has 0 heterocycles. The zero-order valence-corrected chi connectivity index (χ0v) is 9.36. The van der Waals surface area contributed by atoms with Crippen LogP contribution in [0.3, 0.4) is 0 Å². The Morgan fingerprint density at radius 1 is 1.56 bits per heavy atom. The van der Waals surface area contributed by atoms with Gasteiger partial charge in [0, 0.05) is 5.56 Å². The van der Waals surface area contributed by atoms with E-state index in [1.54, 1.807) is 25.1 Å². The summed E-state index contributed by atoms with van der Waals surface area (Å²) >= 11 is 0. The van der Waals surface area contributed by atoms with Crippen LogP contribution >= 0.6 is 0 Å². The number of hydrogen-bond donors (Lipinski definition) is 2. The fraction of sp³-hybridized carbons (Fsp3) is 0.250. The van der Waals surface area contributed by atoms with Gasteiger partial charge >= 0.3 is 5.97 Å². The monoisotopic (exact) mass is 221 g/mol. The van der Waals surface area contributed by atoms with Gasteiger partial charge in [-0.3, -0.25) is 0 Å². The van der Waals surface area contributed by atoms with E-state index in [2.05, 4.69) is 0 Å². The van der Waals surface area contributed by atoms with Gasteiger partial charge in [0.15, 0.2) is 5.88 Å². The van der Waals surface area contributed by atoms with Crippen LogP contribution in [0, 0.1) is 6.92 Å². The predicted octanol–water partition coefficient (Wildman–Crippen LogP) is 2.28. The van der Waals surface area contributed by atoms with Crippen LogP contribution in [0.2, 0.25) is 0 Å². The molecule has 16 heavy (non-hydrogen) atoms. The van der Waals surface area contributed by atoms with E-state index < -0.39 is 5.97 Å². The van der Waals surface area contributed by atoms with E-state index in [9.17, 15) is 4.79 Å². The van der Waals surface area contributed by atoms with Gasteiger partial charge in [0.2, 0.25) is 0 Å². The Kier molecular flexibility index (Phi) is 3.94. The lowest BCUT2D eigenvalue weighted by molar-refractivity contribution is 0.0695. The van der Waals surface area contributed by atoms with Crippen molar-refractivity contribution in [3.63, 3.8) is 0 Å². The van der Waals surface area contributed by atoms with Crippen LogP contribution in [0.25, 0.3) is 0 Å². The zero-order chi connectivity index (χ0) is 12.1. The van der Waals surface area contributed by atoms with Crippen molar-refractivity contribution in [3.8, 4) is 5.75 Å². The number of carbonyl (C=O) groups is 1. The molecule has 86 valence electrons. The quantitative estimate of drug-likeness (QED) is 0.765. The largest absolute Gasteiger partial charge is 0.478 e. The van der Waals surface area contributed by atoms with Gasteiger partial charge in [-0.15, -0.1) is 0 Å². The molecular weight excluding hydrogens is 206 g/mol. The van der Waals surface area contributed by atoms with Crippen LogP contribution < -0.4 is 10.5 Å².